The number of hydrogen-bond acceptors (Lipinski definition) is 5. The van der Waals surface area contributed by atoms with E-state index in [0.29, 0.717) is 12.8 Å². The zero-order chi connectivity index (χ0) is 11.5. The lowest BCUT2D eigenvalue weighted by molar-refractivity contribution is -0.143. The van der Waals surface area contributed by atoms with Gasteiger partial charge in [0, 0.05) is 17.3 Å². The molecule has 0 bridgehead atoms. The van der Waals surface area contributed by atoms with Crippen LogP contribution >= 0.6 is 11.3 Å². The average molecular weight is 240 g/mol. The Labute approximate surface area is 96.5 Å². The zero-order valence-electron chi connectivity index (χ0n) is 8.55. The number of aldehydes is 1. The van der Waals surface area contributed by atoms with E-state index < -0.39 is 11.9 Å². The third-order valence-corrected chi connectivity index (χ3v) is 3.71. The van der Waals surface area contributed by atoms with Gasteiger partial charge in [0.1, 0.15) is 6.29 Å². The van der Waals surface area contributed by atoms with Crippen LogP contribution in [-0.4, -0.2) is 34.9 Å². The van der Waals surface area contributed by atoms with Crippen molar-refractivity contribution >= 4 is 23.6 Å². The highest BCUT2D eigenvalue weighted by Gasteiger charge is 2.34. The molecule has 2 N–H and O–H groups in total. The molecule has 86 valence electrons. The third-order valence-electron chi connectivity index (χ3n) is 2.81. The Morgan fingerprint density at radius 3 is 3.19 bits per heavy atom. The van der Waals surface area contributed by atoms with E-state index in [4.69, 9.17) is 5.11 Å². The van der Waals surface area contributed by atoms with Crippen molar-refractivity contribution in [2.75, 3.05) is 6.54 Å². The van der Waals surface area contributed by atoms with Crippen LogP contribution in [0.4, 0.5) is 0 Å². The van der Waals surface area contributed by atoms with Crippen molar-refractivity contribution < 1.29 is 14.7 Å². The Balaban J connectivity index is 2.16. The summed E-state index contributed by atoms with van der Waals surface area (Å²) in [5.41, 5.74) is 2.71. The smallest absolute Gasteiger partial charge is 0.308 e. The first-order valence-corrected chi connectivity index (χ1v) is 5.91. The summed E-state index contributed by atoms with van der Waals surface area (Å²) in [5.74, 6) is -1.28. The molecule has 0 aromatic carbocycles. The van der Waals surface area contributed by atoms with Gasteiger partial charge in [-0.05, 0) is 6.42 Å². The van der Waals surface area contributed by atoms with Gasteiger partial charge in [0.25, 0.3) is 0 Å². The number of nitrogens with one attached hydrogen (secondary N) is 1. The van der Waals surface area contributed by atoms with Crippen LogP contribution in [0.25, 0.3) is 0 Å². The number of carbonyl (C=O) groups excluding carboxylic acids is 1. The molecule has 16 heavy (non-hydrogen) atoms. The Morgan fingerprint density at radius 2 is 2.50 bits per heavy atom. The lowest BCUT2D eigenvalue weighted by Crippen LogP contribution is -2.45. The minimum Gasteiger partial charge on any atom is -0.481 e. The second-order valence-electron chi connectivity index (χ2n) is 3.76. The minimum atomic E-state index is -0.817. The predicted molar refractivity (Wildman–Crippen MR) is 58.5 cm³/mol. The molecule has 2 unspecified atom stereocenters. The maximum Gasteiger partial charge on any atom is 0.308 e. The summed E-state index contributed by atoms with van der Waals surface area (Å²) < 4.78 is 0. The number of nitrogens with zero attached hydrogens (tertiary/aromatic N) is 1. The van der Waals surface area contributed by atoms with Crippen molar-refractivity contribution in [2.45, 2.75) is 18.9 Å². The first kappa shape index (κ1) is 11.2. The van der Waals surface area contributed by atoms with Crippen molar-refractivity contribution in [3.8, 4) is 0 Å². The van der Waals surface area contributed by atoms with Crippen molar-refractivity contribution in [3.05, 3.63) is 16.1 Å². The Hall–Kier alpha value is -1.27. The quantitative estimate of drug-likeness (QED) is 0.730. The summed E-state index contributed by atoms with van der Waals surface area (Å²) in [4.78, 5) is 26.7. The summed E-state index contributed by atoms with van der Waals surface area (Å²) in [6.45, 7) is 0.188. The monoisotopic (exact) mass is 240 g/mol. The molecule has 5 nitrogen and oxygen atoms in total. The molecule has 0 amide bonds. The number of hydrogen-bond donors (Lipinski definition) is 2. The molecule has 2 atom stereocenters. The van der Waals surface area contributed by atoms with Crippen LogP contribution in [0.5, 0.6) is 0 Å². The van der Waals surface area contributed by atoms with E-state index in [2.05, 4.69) is 10.3 Å². The molecule has 1 aromatic rings. The van der Waals surface area contributed by atoms with Gasteiger partial charge in [-0.15, -0.1) is 11.3 Å². The average Bonchev–Trinajstić information content (AvgIpc) is 2.71. The molecule has 1 heterocycles. The van der Waals surface area contributed by atoms with Crippen LogP contribution in [0.1, 0.15) is 10.6 Å². The number of carbonyl (C=O) groups is 2. The molecule has 1 aliphatic rings. The van der Waals surface area contributed by atoms with E-state index >= 15 is 0 Å². The molecule has 1 aliphatic carbocycles. The fraction of sp³-hybridized carbons (Fsp3) is 0.500. The normalized spacial score (nSPS) is 23.8. The maximum absolute atomic E-state index is 11.1. The topological polar surface area (TPSA) is 79.3 Å². The lowest BCUT2D eigenvalue weighted by Gasteiger charge is -2.28. The molecule has 0 radical (unpaired) electrons. The highest BCUT2D eigenvalue weighted by molar-refractivity contribution is 7.09. The first-order chi connectivity index (χ1) is 7.72. The second-order valence-corrected chi connectivity index (χ2v) is 4.70. The van der Waals surface area contributed by atoms with E-state index in [0.717, 1.165) is 16.9 Å². The molecule has 6 heteroatoms. The Bertz CT molecular complexity index is 405. The van der Waals surface area contributed by atoms with Crippen LogP contribution < -0.4 is 5.32 Å². The third kappa shape index (κ3) is 2.12. The Morgan fingerprint density at radius 1 is 1.69 bits per heavy atom. The van der Waals surface area contributed by atoms with E-state index in [-0.39, 0.29) is 12.6 Å². The summed E-state index contributed by atoms with van der Waals surface area (Å²) >= 11 is 1.50. The number of fused-ring (bicyclic) bond motifs is 1. The van der Waals surface area contributed by atoms with E-state index in [1.807, 2.05) is 0 Å². The molecular weight excluding hydrogens is 228 g/mol. The van der Waals surface area contributed by atoms with E-state index in [9.17, 15) is 9.59 Å². The van der Waals surface area contributed by atoms with Gasteiger partial charge < -0.3 is 15.2 Å². The zero-order valence-corrected chi connectivity index (χ0v) is 9.37. The molecule has 2 rings (SSSR count). The van der Waals surface area contributed by atoms with Gasteiger partial charge in [-0.25, -0.2) is 4.98 Å². The SMILES string of the molecule is O=CCNC1Cc2ncsc2CC1C(=O)O. The maximum atomic E-state index is 11.1. The number of aromatic nitrogens is 1. The highest BCUT2D eigenvalue weighted by atomic mass is 32.1. The largest absolute Gasteiger partial charge is 0.481 e. The molecule has 1 aromatic heterocycles. The lowest BCUT2D eigenvalue weighted by atomic mass is 9.86. The molecule has 0 aliphatic heterocycles. The predicted octanol–water partition coefficient (Wildman–Crippen LogP) is 0.0996. The summed E-state index contributed by atoms with van der Waals surface area (Å²) in [6.07, 6.45) is 1.84. The van der Waals surface area contributed by atoms with Crippen LogP contribution in [0.3, 0.4) is 0 Å². The number of thiazole rings is 1. The van der Waals surface area contributed by atoms with Crippen LogP contribution in [-0.2, 0) is 22.4 Å². The number of rotatable bonds is 4. The van der Waals surface area contributed by atoms with Crippen molar-refractivity contribution in [3.63, 3.8) is 0 Å². The highest BCUT2D eigenvalue weighted by Crippen LogP contribution is 2.28. The van der Waals surface area contributed by atoms with E-state index in [1.54, 1.807) is 5.51 Å². The van der Waals surface area contributed by atoms with Crippen LogP contribution in [0.15, 0.2) is 5.51 Å². The number of carboxylic acids is 1. The van der Waals surface area contributed by atoms with Gasteiger partial charge in [0.15, 0.2) is 0 Å². The number of carboxylic acid groups (broad SMARTS) is 1. The van der Waals surface area contributed by atoms with Crippen molar-refractivity contribution in [1.82, 2.24) is 10.3 Å². The van der Waals surface area contributed by atoms with Gasteiger partial charge in [-0.2, -0.15) is 0 Å². The molecule has 0 spiro atoms. The standard InChI is InChI=1S/C10H12N2O3S/c13-2-1-11-7-4-8-9(16-5-12-8)3-6(7)10(14)15/h2,5-7,11H,1,3-4H2,(H,14,15). The van der Waals surface area contributed by atoms with Gasteiger partial charge in [-0.3, -0.25) is 4.79 Å². The van der Waals surface area contributed by atoms with Gasteiger partial charge >= 0.3 is 5.97 Å². The van der Waals surface area contributed by atoms with Gasteiger partial charge in [-0.1, -0.05) is 0 Å². The molecule has 0 saturated carbocycles. The van der Waals surface area contributed by atoms with Crippen molar-refractivity contribution in [2.24, 2.45) is 5.92 Å². The minimum absolute atomic E-state index is 0.188. The second kappa shape index (κ2) is 4.71. The first-order valence-electron chi connectivity index (χ1n) is 5.03. The summed E-state index contributed by atoms with van der Waals surface area (Å²) in [5, 5.41) is 12.1. The molecule has 0 fully saturated rings. The number of aliphatic carboxylic acids is 1. The van der Waals surface area contributed by atoms with Crippen LogP contribution in [0.2, 0.25) is 0 Å². The Kier molecular flexibility index (Phi) is 3.31. The van der Waals surface area contributed by atoms with Crippen LogP contribution in [0, 0.1) is 5.92 Å². The van der Waals surface area contributed by atoms with Crippen molar-refractivity contribution in [1.29, 1.82) is 0 Å². The van der Waals surface area contributed by atoms with Gasteiger partial charge in [0.2, 0.25) is 0 Å². The molecular formula is C10H12N2O3S. The van der Waals surface area contributed by atoms with Gasteiger partial charge in [0.05, 0.1) is 23.7 Å². The fourth-order valence-electron chi connectivity index (χ4n) is 1.99. The fourth-order valence-corrected chi connectivity index (χ4v) is 2.85. The molecule has 0 saturated heterocycles. The summed E-state index contributed by atoms with van der Waals surface area (Å²) in [6, 6.07) is -0.197. The van der Waals surface area contributed by atoms with E-state index in [1.165, 1.54) is 11.3 Å². The summed E-state index contributed by atoms with van der Waals surface area (Å²) in [7, 11) is 0.